The van der Waals surface area contributed by atoms with Gasteiger partial charge in [0, 0.05) is 0 Å². The molecular weight excluding hydrogens is 294 g/mol. The highest BCUT2D eigenvalue weighted by Gasteiger charge is 2.03. The quantitative estimate of drug-likeness (QED) is 0.633. The maximum absolute atomic E-state index is 12.0. The van der Waals surface area contributed by atoms with Gasteiger partial charge in [-0.05, 0) is 54.1 Å². The van der Waals surface area contributed by atoms with Crippen molar-refractivity contribution in [3.05, 3.63) is 59.7 Å². The highest BCUT2D eigenvalue weighted by atomic mass is 19.3. The fourth-order valence-corrected chi connectivity index (χ4v) is 1.60. The highest BCUT2D eigenvalue weighted by Crippen LogP contribution is 2.14. The van der Waals surface area contributed by atoms with Gasteiger partial charge in [0.2, 0.25) is 0 Å². The number of hydrogen-bond acceptors (Lipinski definition) is 4. The van der Waals surface area contributed by atoms with Crippen LogP contribution in [0.5, 0.6) is 5.75 Å². The van der Waals surface area contributed by atoms with Crippen molar-refractivity contribution in [2.75, 3.05) is 5.43 Å². The second-order valence-electron chi connectivity index (χ2n) is 4.20. The van der Waals surface area contributed by atoms with E-state index in [9.17, 15) is 13.6 Å². The second-order valence-corrected chi connectivity index (χ2v) is 4.20. The van der Waals surface area contributed by atoms with Crippen LogP contribution in [0.4, 0.5) is 14.5 Å². The van der Waals surface area contributed by atoms with Gasteiger partial charge >= 0.3 is 12.6 Å². The number of nitrogens with one attached hydrogen (secondary N) is 1. The molecule has 7 heteroatoms. The molecule has 0 spiro atoms. The lowest BCUT2D eigenvalue weighted by molar-refractivity contribution is -0.0498. The Morgan fingerprint density at radius 2 is 1.77 bits per heavy atom. The Morgan fingerprint density at radius 1 is 1.14 bits per heavy atom. The Morgan fingerprint density at radius 3 is 2.32 bits per heavy atom. The molecule has 2 aromatic carbocycles. The lowest BCUT2D eigenvalue weighted by atomic mass is 10.2. The van der Waals surface area contributed by atoms with Crippen LogP contribution in [0.15, 0.2) is 53.6 Å². The molecule has 0 unspecified atom stereocenters. The minimum Gasteiger partial charge on any atom is -0.478 e. The summed E-state index contributed by atoms with van der Waals surface area (Å²) in [5, 5.41) is 12.7. The van der Waals surface area contributed by atoms with Crippen LogP contribution < -0.4 is 10.2 Å². The van der Waals surface area contributed by atoms with Crippen molar-refractivity contribution in [1.82, 2.24) is 0 Å². The second kappa shape index (κ2) is 7.16. The van der Waals surface area contributed by atoms with Gasteiger partial charge in [-0.2, -0.15) is 13.9 Å². The average molecular weight is 306 g/mol. The number of alkyl halides is 2. The molecule has 0 aliphatic rings. The summed E-state index contributed by atoms with van der Waals surface area (Å²) in [6.07, 6.45) is 1.50. The molecule has 0 heterocycles. The third-order valence-corrected chi connectivity index (χ3v) is 2.64. The van der Waals surface area contributed by atoms with E-state index in [1.54, 1.807) is 24.3 Å². The molecule has 5 nitrogen and oxygen atoms in total. The van der Waals surface area contributed by atoms with Crippen LogP contribution in [-0.2, 0) is 0 Å². The van der Waals surface area contributed by atoms with Crippen LogP contribution in [0, 0.1) is 0 Å². The van der Waals surface area contributed by atoms with Gasteiger partial charge in [-0.15, -0.1) is 0 Å². The van der Waals surface area contributed by atoms with Gasteiger partial charge in [-0.3, -0.25) is 5.43 Å². The van der Waals surface area contributed by atoms with Crippen molar-refractivity contribution < 1.29 is 23.4 Å². The van der Waals surface area contributed by atoms with Crippen LogP contribution in [-0.4, -0.2) is 23.9 Å². The molecule has 0 aliphatic heterocycles. The van der Waals surface area contributed by atoms with Crippen LogP contribution in [0.2, 0.25) is 0 Å². The Kier molecular flexibility index (Phi) is 5.02. The van der Waals surface area contributed by atoms with Crippen molar-refractivity contribution >= 4 is 17.9 Å². The lowest BCUT2D eigenvalue weighted by Gasteiger charge is -2.04. The predicted molar refractivity (Wildman–Crippen MR) is 77.7 cm³/mol. The number of carbonyl (C=O) groups is 1. The Labute approximate surface area is 124 Å². The molecular formula is C15H12F2N2O3. The van der Waals surface area contributed by atoms with Gasteiger partial charge in [0.1, 0.15) is 5.75 Å². The van der Waals surface area contributed by atoms with E-state index in [1.165, 1.54) is 30.5 Å². The summed E-state index contributed by atoms with van der Waals surface area (Å²) in [6, 6.07) is 12.1. The van der Waals surface area contributed by atoms with E-state index < -0.39 is 12.6 Å². The number of ether oxygens (including phenoxy) is 1. The third kappa shape index (κ3) is 4.55. The number of nitrogens with zero attached hydrogens (tertiary/aromatic N) is 1. The summed E-state index contributed by atoms with van der Waals surface area (Å²) in [7, 11) is 0. The predicted octanol–water partition coefficient (Wildman–Crippen LogP) is 3.43. The Bertz CT molecular complexity index is 655. The first-order valence-corrected chi connectivity index (χ1v) is 6.22. The summed E-state index contributed by atoms with van der Waals surface area (Å²) >= 11 is 0. The van der Waals surface area contributed by atoms with Crippen molar-refractivity contribution in [3.8, 4) is 5.75 Å². The third-order valence-electron chi connectivity index (χ3n) is 2.64. The van der Waals surface area contributed by atoms with Crippen molar-refractivity contribution in [2.45, 2.75) is 6.61 Å². The molecule has 0 fully saturated rings. The number of aromatic carboxylic acids is 1. The summed E-state index contributed by atoms with van der Waals surface area (Å²) in [4.78, 5) is 10.7. The van der Waals surface area contributed by atoms with Crippen LogP contribution in [0.1, 0.15) is 15.9 Å². The average Bonchev–Trinajstić information content (AvgIpc) is 2.49. The van der Waals surface area contributed by atoms with Crippen molar-refractivity contribution in [2.24, 2.45) is 5.10 Å². The zero-order valence-corrected chi connectivity index (χ0v) is 11.2. The lowest BCUT2D eigenvalue weighted by Crippen LogP contribution is -2.01. The fourth-order valence-electron chi connectivity index (χ4n) is 1.60. The van der Waals surface area contributed by atoms with E-state index in [4.69, 9.17) is 5.11 Å². The van der Waals surface area contributed by atoms with E-state index in [0.717, 1.165) is 0 Å². The first-order valence-electron chi connectivity index (χ1n) is 6.22. The number of hydrogen-bond donors (Lipinski definition) is 2. The summed E-state index contributed by atoms with van der Waals surface area (Å²) in [5.41, 5.74) is 4.23. The maximum Gasteiger partial charge on any atom is 0.387 e. The SMILES string of the molecule is O=C(O)c1ccc(N/N=C\c2ccc(OC(F)F)cc2)cc1. The molecule has 22 heavy (non-hydrogen) atoms. The van der Waals surface area contributed by atoms with E-state index >= 15 is 0 Å². The highest BCUT2D eigenvalue weighted by molar-refractivity contribution is 5.88. The van der Waals surface area contributed by atoms with Crippen LogP contribution in [0.25, 0.3) is 0 Å². The molecule has 0 bridgehead atoms. The van der Waals surface area contributed by atoms with Crippen LogP contribution >= 0.6 is 0 Å². The number of carboxylic acids is 1. The number of anilines is 1. The van der Waals surface area contributed by atoms with E-state index in [1.807, 2.05) is 0 Å². The van der Waals surface area contributed by atoms with Gasteiger partial charge in [0.15, 0.2) is 0 Å². The zero-order chi connectivity index (χ0) is 15.9. The largest absolute Gasteiger partial charge is 0.478 e. The minimum absolute atomic E-state index is 0.0735. The molecule has 0 atom stereocenters. The molecule has 2 aromatic rings. The van der Waals surface area contributed by atoms with Gasteiger partial charge < -0.3 is 9.84 Å². The number of benzene rings is 2. The molecule has 0 aromatic heterocycles. The topological polar surface area (TPSA) is 70.9 Å². The first kappa shape index (κ1) is 15.4. The number of carboxylic acid groups (broad SMARTS) is 1. The molecule has 2 rings (SSSR count). The van der Waals surface area contributed by atoms with E-state index in [0.29, 0.717) is 11.3 Å². The molecule has 0 saturated carbocycles. The van der Waals surface area contributed by atoms with Crippen molar-refractivity contribution in [1.29, 1.82) is 0 Å². The Hall–Kier alpha value is -2.96. The molecule has 0 aliphatic carbocycles. The van der Waals surface area contributed by atoms with E-state index in [-0.39, 0.29) is 11.3 Å². The first-order chi connectivity index (χ1) is 10.5. The molecule has 2 N–H and O–H groups in total. The maximum atomic E-state index is 12.0. The standard InChI is InChI=1S/C15H12F2N2O3/c16-15(17)22-13-7-1-10(2-8-13)9-18-19-12-5-3-11(4-6-12)14(20)21/h1-9,15,19H,(H,20,21)/b18-9-. The number of halogens is 2. The summed E-state index contributed by atoms with van der Waals surface area (Å²) in [5.74, 6) is -0.925. The zero-order valence-electron chi connectivity index (χ0n) is 11.2. The van der Waals surface area contributed by atoms with Gasteiger partial charge in [0.05, 0.1) is 17.5 Å². The fraction of sp³-hybridized carbons (Fsp3) is 0.0667. The minimum atomic E-state index is -2.85. The van der Waals surface area contributed by atoms with Crippen LogP contribution in [0.3, 0.4) is 0 Å². The molecule has 0 saturated heterocycles. The van der Waals surface area contributed by atoms with Gasteiger partial charge in [0.25, 0.3) is 0 Å². The summed E-state index contributed by atoms with van der Waals surface area (Å²) < 4.78 is 28.2. The Balaban J connectivity index is 1.93. The van der Waals surface area contributed by atoms with E-state index in [2.05, 4.69) is 15.3 Å². The molecule has 114 valence electrons. The summed E-state index contributed by atoms with van der Waals surface area (Å²) in [6.45, 7) is -2.85. The normalized spacial score (nSPS) is 10.9. The van der Waals surface area contributed by atoms with Crippen molar-refractivity contribution in [3.63, 3.8) is 0 Å². The molecule has 0 radical (unpaired) electrons. The number of hydrazone groups is 1. The van der Waals surface area contributed by atoms with Gasteiger partial charge in [-0.25, -0.2) is 4.79 Å². The molecule has 0 amide bonds. The smallest absolute Gasteiger partial charge is 0.387 e. The number of rotatable bonds is 6. The monoisotopic (exact) mass is 306 g/mol. The van der Waals surface area contributed by atoms with Gasteiger partial charge in [-0.1, -0.05) is 0 Å².